The minimum absolute atomic E-state index is 0.0204. The van der Waals surface area contributed by atoms with E-state index in [0.29, 0.717) is 9.55 Å². The van der Waals surface area contributed by atoms with Crippen molar-refractivity contribution >= 4 is 57.3 Å². The summed E-state index contributed by atoms with van der Waals surface area (Å²) in [6.07, 6.45) is 3.75. The second-order valence-electron chi connectivity index (χ2n) is 8.19. The first-order chi connectivity index (χ1) is 16.1. The van der Waals surface area contributed by atoms with Gasteiger partial charge >= 0.3 is 0 Å². The third kappa shape index (κ3) is 3.63. The van der Waals surface area contributed by atoms with Crippen LogP contribution in [-0.4, -0.2) is 4.57 Å². The Bertz CT molecular complexity index is 1630. The van der Waals surface area contributed by atoms with Gasteiger partial charge in [-0.05, 0) is 82.0 Å². The molecule has 0 saturated heterocycles. The number of thiazole rings is 1. The number of halogens is 2. The quantitative estimate of drug-likeness (QED) is 0.285. The van der Waals surface area contributed by atoms with E-state index in [9.17, 15) is 4.79 Å². The van der Waals surface area contributed by atoms with Crippen LogP contribution in [0.4, 0.5) is 0 Å². The van der Waals surface area contributed by atoms with E-state index in [1.807, 2.05) is 53.1 Å². The molecule has 0 radical (unpaired) electrons. The van der Waals surface area contributed by atoms with Crippen molar-refractivity contribution in [1.29, 1.82) is 0 Å². The topological polar surface area (TPSA) is 34.4 Å². The average molecular weight is 581 g/mol. The van der Waals surface area contributed by atoms with Crippen LogP contribution in [0.5, 0.6) is 0 Å². The van der Waals surface area contributed by atoms with E-state index in [1.165, 1.54) is 16.9 Å². The summed E-state index contributed by atoms with van der Waals surface area (Å²) in [5, 5.41) is 0.669. The van der Waals surface area contributed by atoms with Crippen LogP contribution in [-0.2, 0) is 6.42 Å². The first-order valence-corrected chi connectivity index (χ1v) is 13.0. The second-order valence-corrected chi connectivity index (χ2v) is 10.9. The van der Waals surface area contributed by atoms with Gasteiger partial charge in [0.25, 0.3) is 5.56 Å². The average Bonchev–Trinajstić information content (AvgIpc) is 3.13. The minimum atomic E-state index is -0.253. The highest BCUT2D eigenvalue weighted by Gasteiger charge is 2.33. The van der Waals surface area contributed by atoms with Crippen molar-refractivity contribution in [3.05, 3.63) is 129 Å². The predicted octanol–water partition coefficient (Wildman–Crippen LogP) is 5.58. The zero-order valence-corrected chi connectivity index (χ0v) is 21.2. The normalized spacial score (nSPS) is 17.3. The molecule has 0 spiro atoms. The molecule has 1 unspecified atom stereocenters. The van der Waals surface area contributed by atoms with Gasteiger partial charge in [0.15, 0.2) is 4.80 Å². The lowest BCUT2D eigenvalue weighted by molar-refractivity contribution is 0.585. The monoisotopic (exact) mass is 580 g/mol. The van der Waals surface area contributed by atoms with E-state index in [0.717, 1.165) is 49.2 Å². The molecule has 3 nitrogen and oxygen atoms in total. The maximum absolute atomic E-state index is 13.7. The molecular formula is C27H18ClIN2OS. The van der Waals surface area contributed by atoms with E-state index in [2.05, 4.69) is 52.9 Å². The Morgan fingerprint density at radius 2 is 1.85 bits per heavy atom. The molecule has 6 heteroatoms. The Morgan fingerprint density at radius 3 is 2.70 bits per heavy atom. The molecule has 0 amide bonds. The van der Waals surface area contributed by atoms with Crippen molar-refractivity contribution in [2.24, 2.45) is 4.99 Å². The highest BCUT2D eigenvalue weighted by atomic mass is 127. The Balaban J connectivity index is 1.65. The molecule has 1 aliphatic heterocycles. The Hall–Kier alpha value is -2.48. The molecule has 1 atom stereocenters. The zero-order valence-electron chi connectivity index (χ0n) is 17.5. The number of nitrogens with zero attached hydrogens (tertiary/aromatic N) is 2. The lowest BCUT2D eigenvalue weighted by Crippen LogP contribution is -2.38. The van der Waals surface area contributed by atoms with Crippen LogP contribution in [0, 0.1) is 3.57 Å². The summed E-state index contributed by atoms with van der Waals surface area (Å²) >= 11 is 10.4. The highest BCUT2D eigenvalue weighted by Crippen LogP contribution is 2.42. The van der Waals surface area contributed by atoms with Gasteiger partial charge < -0.3 is 0 Å². The molecule has 6 rings (SSSR count). The van der Waals surface area contributed by atoms with E-state index in [1.54, 1.807) is 0 Å². The third-order valence-corrected chi connectivity index (χ3v) is 8.22. The van der Waals surface area contributed by atoms with Gasteiger partial charge in [-0.2, -0.15) is 0 Å². The number of benzene rings is 3. The summed E-state index contributed by atoms with van der Waals surface area (Å²) in [5.41, 5.74) is 6.55. The molecule has 3 aromatic carbocycles. The molecule has 1 aliphatic carbocycles. The van der Waals surface area contributed by atoms with Gasteiger partial charge in [-0.15, -0.1) is 0 Å². The second kappa shape index (κ2) is 8.38. The van der Waals surface area contributed by atoms with Gasteiger partial charge in [-0.1, -0.05) is 77.5 Å². The number of hydrogen-bond acceptors (Lipinski definition) is 3. The standard InChI is InChI=1S/C27H18ClIN2OS/c28-22-11-4-3-10-20(22)25-21-13-12-17-7-1-2-9-19(17)24(21)30-27-31(25)26(32)23(33-27)15-16-6-5-8-18(29)14-16/h1-11,14-15,25H,12-13H2. The summed E-state index contributed by atoms with van der Waals surface area (Å²) in [4.78, 5) is 19.5. The van der Waals surface area contributed by atoms with Gasteiger partial charge in [0, 0.05) is 14.2 Å². The molecule has 33 heavy (non-hydrogen) atoms. The fourth-order valence-electron chi connectivity index (χ4n) is 4.74. The first kappa shape index (κ1) is 21.1. The molecule has 0 bridgehead atoms. The summed E-state index contributed by atoms with van der Waals surface area (Å²) in [6.45, 7) is 0. The predicted molar refractivity (Wildman–Crippen MR) is 143 cm³/mol. The molecule has 0 saturated carbocycles. The lowest BCUT2D eigenvalue weighted by Gasteiger charge is -2.31. The Morgan fingerprint density at radius 1 is 1.03 bits per heavy atom. The maximum atomic E-state index is 13.7. The van der Waals surface area contributed by atoms with Crippen LogP contribution in [0.1, 0.15) is 34.7 Å². The van der Waals surface area contributed by atoms with Crippen LogP contribution >= 0.6 is 45.5 Å². The molecule has 1 aromatic heterocycles. The maximum Gasteiger partial charge on any atom is 0.271 e. The summed E-state index contributed by atoms with van der Waals surface area (Å²) in [5.74, 6) is 0. The lowest BCUT2D eigenvalue weighted by atomic mass is 9.83. The number of rotatable bonds is 2. The van der Waals surface area contributed by atoms with E-state index in [4.69, 9.17) is 16.6 Å². The fourth-order valence-corrected chi connectivity index (χ4v) is 6.55. The molecule has 2 heterocycles. The van der Waals surface area contributed by atoms with Crippen molar-refractivity contribution in [3.63, 3.8) is 0 Å². The van der Waals surface area contributed by atoms with Crippen LogP contribution in [0.15, 0.2) is 88.2 Å². The number of fused-ring (bicyclic) bond motifs is 3. The molecule has 2 aliphatic rings. The van der Waals surface area contributed by atoms with Crippen LogP contribution in [0.3, 0.4) is 0 Å². The van der Waals surface area contributed by atoms with E-state index >= 15 is 0 Å². The Labute approximate surface area is 213 Å². The summed E-state index contributed by atoms with van der Waals surface area (Å²) in [6, 6.07) is 24.2. The van der Waals surface area contributed by atoms with Gasteiger partial charge in [0.1, 0.15) is 0 Å². The van der Waals surface area contributed by atoms with E-state index in [-0.39, 0.29) is 11.6 Å². The van der Waals surface area contributed by atoms with Crippen molar-refractivity contribution in [3.8, 4) is 0 Å². The number of aromatic nitrogens is 1. The zero-order chi connectivity index (χ0) is 22.5. The van der Waals surface area contributed by atoms with Crippen molar-refractivity contribution in [2.45, 2.75) is 18.9 Å². The SMILES string of the molecule is O=c1c(=Cc2cccc(I)c2)sc2n1C(c1ccccc1Cl)C1=C(N=2)c2ccccc2CC1. The third-order valence-electron chi connectivity index (χ3n) is 6.22. The minimum Gasteiger partial charge on any atom is -0.272 e. The molecule has 162 valence electrons. The number of hydrogen-bond donors (Lipinski definition) is 0. The number of aryl methyl sites for hydroxylation is 1. The van der Waals surface area contributed by atoms with Crippen LogP contribution in [0.25, 0.3) is 11.8 Å². The van der Waals surface area contributed by atoms with Gasteiger partial charge in [-0.25, -0.2) is 4.99 Å². The van der Waals surface area contributed by atoms with E-state index < -0.39 is 0 Å². The van der Waals surface area contributed by atoms with Crippen LogP contribution < -0.4 is 14.9 Å². The van der Waals surface area contributed by atoms with Crippen molar-refractivity contribution in [1.82, 2.24) is 4.57 Å². The molecule has 0 fully saturated rings. The van der Waals surface area contributed by atoms with Gasteiger partial charge in [0.05, 0.1) is 16.3 Å². The summed E-state index contributed by atoms with van der Waals surface area (Å²) in [7, 11) is 0. The highest BCUT2D eigenvalue weighted by molar-refractivity contribution is 14.1. The van der Waals surface area contributed by atoms with Gasteiger partial charge in [0.2, 0.25) is 0 Å². The molecule has 4 aromatic rings. The van der Waals surface area contributed by atoms with Gasteiger partial charge in [-0.3, -0.25) is 9.36 Å². The molecular weight excluding hydrogens is 563 g/mol. The molecule has 0 N–H and O–H groups in total. The fraction of sp³-hybridized carbons (Fsp3) is 0.111. The smallest absolute Gasteiger partial charge is 0.271 e. The largest absolute Gasteiger partial charge is 0.272 e. The van der Waals surface area contributed by atoms with Crippen molar-refractivity contribution < 1.29 is 0 Å². The number of allylic oxidation sites excluding steroid dienone is 1. The van der Waals surface area contributed by atoms with Crippen LogP contribution in [0.2, 0.25) is 5.02 Å². The summed E-state index contributed by atoms with van der Waals surface area (Å²) < 4.78 is 3.66. The first-order valence-electron chi connectivity index (χ1n) is 10.7. The van der Waals surface area contributed by atoms with Crippen molar-refractivity contribution in [2.75, 3.05) is 0 Å². The Kier molecular flexibility index (Phi) is 5.35.